The first-order valence-electron chi connectivity index (χ1n) is 7.93. The Kier molecular flexibility index (Phi) is 3.37. The number of rotatable bonds is 2. The fourth-order valence-electron chi connectivity index (χ4n) is 3.36. The second-order valence-electron chi connectivity index (χ2n) is 6.10. The fourth-order valence-corrected chi connectivity index (χ4v) is 3.36. The van der Waals surface area contributed by atoms with E-state index in [0.717, 1.165) is 37.0 Å². The maximum absolute atomic E-state index is 12.7. The summed E-state index contributed by atoms with van der Waals surface area (Å²) in [5, 5.41) is 5.22. The molecule has 1 atom stereocenters. The molecule has 0 radical (unpaired) electrons. The quantitative estimate of drug-likeness (QED) is 0.790. The van der Waals surface area contributed by atoms with Crippen molar-refractivity contribution in [1.29, 1.82) is 0 Å². The van der Waals surface area contributed by atoms with Gasteiger partial charge in [-0.1, -0.05) is 0 Å². The summed E-state index contributed by atoms with van der Waals surface area (Å²) in [5.41, 5.74) is 2.72. The maximum Gasteiger partial charge on any atom is 0.272 e. The minimum absolute atomic E-state index is 0.0592. The summed E-state index contributed by atoms with van der Waals surface area (Å²) in [6.07, 6.45) is 5.55. The smallest absolute Gasteiger partial charge is 0.272 e. The monoisotopic (exact) mass is 309 g/mol. The van der Waals surface area contributed by atoms with Crippen LogP contribution in [0, 0.1) is 0 Å². The van der Waals surface area contributed by atoms with Crippen LogP contribution >= 0.6 is 0 Å². The number of likely N-dealkylation sites (tertiary alicyclic amines) is 1. The van der Waals surface area contributed by atoms with Gasteiger partial charge in [-0.2, -0.15) is 5.10 Å². The third-order valence-electron chi connectivity index (χ3n) is 4.60. The molecule has 6 heteroatoms. The normalized spacial score (nSPS) is 18.5. The van der Waals surface area contributed by atoms with Crippen molar-refractivity contribution in [3.8, 4) is 0 Å². The zero-order valence-electron chi connectivity index (χ0n) is 13.1. The Bertz CT molecular complexity index is 816. The van der Waals surface area contributed by atoms with Crippen LogP contribution in [0.2, 0.25) is 0 Å². The first-order valence-corrected chi connectivity index (χ1v) is 7.93. The van der Waals surface area contributed by atoms with Crippen LogP contribution in [-0.4, -0.2) is 43.6 Å². The van der Waals surface area contributed by atoms with E-state index >= 15 is 0 Å². The van der Waals surface area contributed by atoms with Crippen molar-refractivity contribution in [3.05, 3.63) is 48.0 Å². The van der Waals surface area contributed by atoms with Crippen molar-refractivity contribution in [2.24, 2.45) is 7.05 Å². The Morgan fingerprint density at radius 1 is 1.35 bits per heavy atom. The molecule has 1 aliphatic heterocycles. The zero-order chi connectivity index (χ0) is 15.8. The topological polar surface area (TPSA) is 66.8 Å². The van der Waals surface area contributed by atoms with Crippen LogP contribution in [0.4, 0.5) is 0 Å². The molecular weight excluding hydrogens is 290 g/mol. The number of carbonyl (C=O) groups excluding carboxylic acids is 1. The van der Waals surface area contributed by atoms with E-state index in [9.17, 15) is 4.79 Å². The van der Waals surface area contributed by atoms with Crippen molar-refractivity contribution in [3.63, 3.8) is 0 Å². The molecule has 1 amide bonds. The Hall–Kier alpha value is -2.63. The van der Waals surface area contributed by atoms with Crippen LogP contribution in [0.15, 0.2) is 36.7 Å². The third-order valence-corrected chi connectivity index (χ3v) is 4.60. The van der Waals surface area contributed by atoms with Gasteiger partial charge in [0.05, 0.1) is 0 Å². The lowest BCUT2D eigenvalue weighted by molar-refractivity contribution is 0.0695. The predicted molar refractivity (Wildman–Crippen MR) is 87.2 cm³/mol. The molecule has 1 aliphatic rings. The van der Waals surface area contributed by atoms with Gasteiger partial charge >= 0.3 is 0 Å². The summed E-state index contributed by atoms with van der Waals surface area (Å²) in [7, 11) is 1.80. The van der Waals surface area contributed by atoms with E-state index in [0.29, 0.717) is 11.6 Å². The Labute approximate surface area is 134 Å². The molecule has 6 nitrogen and oxygen atoms in total. The van der Waals surface area contributed by atoms with Crippen molar-refractivity contribution in [2.45, 2.75) is 18.8 Å². The molecule has 3 aromatic heterocycles. The molecule has 4 rings (SSSR count). The Morgan fingerprint density at radius 3 is 3.04 bits per heavy atom. The molecule has 1 N–H and O–H groups in total. The first-order chi connectivity index (χ1) is 11.2. The van der Waals surface area contributed by atoms with Gasteiger partial charge in [0, 0.05) is 49.5 Å². The van der Waals surface area contributed by atoms with Gasteiger partial charge in [-0.05, 0) is 37.1 Å². The van der Waals surface area contributed by atoms with Crippen molar-refractivity contribution in [2.75, 3.05) is 13.1 Å². The number of nitrogens with zero attached hydrogens (tertiary/aromatic N) is 4. The van der Waals surface area contributed by atoms with Crippen LogP contribution in [-0.2, 0) is 7.05 Å². The first kappa shape index (κ1) is 14.0. The maximum atomic E-state index is 12.7. The average molecular weight is 309 g/mol. The van der Waals surface area contributed by atoms with E-state index < -0.39 is 0 Å². The van der Waals surface area contributed by atoms with Crippen LogP contribution < -0.4 is 0 Å². The van der Waals surface area contributed by atoms with Gasteiger partial charge < -0.3 is 9.88 Å². The van der Waals surface area contributed by atoms with Gasteiger partial charge in [0.1, 0.15) is 11.3 Å². The number of hydrogen-bond acceptors (Lipinski definition) is 3. The summed E-state index contributed by atoms with van der Waals surface area (Å²) in [6, 6.07) is 7.94. The van der Waals surface area contributed by atoms with Crippen LogP contribution in [0.25, 0.3) is 11.0 Å². The van der Waals surface area contributed by atoms with E-state index in [-0.39, 0.29) is 5.91 Å². The average Bonchev–Trinajstić information content (AvgIpc) is 3.20. The second-order valence-corrected chi connectivity index (χ2v) is 6.10. The summed E-state index contributed by atoms with van der Waals surface area (Å²) in [6.45, 7) is 1.54. The predicted octanol–water partition coefficient (Wildman–Crippen LogP) is 2.32. The lowest BCUT2D eigenvalue weighted by Crippen LogP contribution is -2.40. The number of piperidine rings is 1. The molecule has 0 aromatic carbocycles. The summed E-state index contributed by atoms with van der Waals surface area (Å²) in [4.78, 5) is 22.4. The number of aromatic amines is 1. The van der Waals surface area contributed by atoms with Gasteiger partial charge in [-0.15, -0.1) is 0 Å². The summed E-state index contributed by atoms with van der Waals surface area (Å²) < 4.78 is 1.64. The van der Waals surface area contributed by atoms with E-state index in [1.807, 2.05) is 11.0 Å². The number of aromatic nitrogens is 4. The van der Waals surface area contributed by atoms with Gasteiger partial charge in [-0.25, -0.2) is 4.98 Å². The van der Waals surface area contributed by atoms with Crippen LogP contribution in [0.3, 0.4) is 0 Å². The Balaban J connectivity index is 1.57. The molecule has 0 spiro atoms. The lowest BCUT2D eigenvalue weighted by atomic mass is 9.94. The summed E-state index contributed by atoms with van der Waals surface area (Å²) in [5.74, 6) is 0.388. The molecule has 118 valence electrons. The molecular formula is C17H19N5O. The van der Waals surface area contributed by atoms with Gasteiger partial charge in [0.2, 0.25) is 0 Å². The highest BCUT2D eigenvalue weighted by molar-refractivity contribution is 5.92. The second kappa shape index (κ2) is 5.53. The molecule has 1 saturated heterocycles. The van der Waals surface area contributed by atoms with Crippen molar-refractivity contribution >= 4 is 16.9 Å². The van der Waals surface area contributed by atoms with Gasteiger partial charge in [0.25, 0.3) is 5.91 Å². The number of H-pyrrole nitrogens is 1. The van der Waals surface area contributed by atoms with E-state index in [1.165, 1.54) is 5.69 Å². The molecule has 0 saturated carbocycles. The third kappa shape index (κ3) is 2.50. The molecule has 23 heavy (non-hydrogen) atoms. The largest absolute Gasteiger partial charge is 0.343 e. The van der Waals surface area contributed by atoms with Gasteiger partial charge in [0.15, 0.2) is 0 Å². The number of fused-ring (bicyclic) bond motifs is 1. The van der Waals surface area contributed by atoms with Crippen LogP contribution in [0.1, 0.15) is 34.9 Å². The molecule has 3 aromatic rings. The lowest BCUT2D eigenvalue weighted by Gasteiger charge is -2.32. The molecule has 0 aliphatic carbocycles. The number of pyridine rings is 1. The molecule has 0 bridgehead atoms. The minimum atomic E-state index is 0.0592. The number of nitrogens with one attached hydrogen (secondary N) is 1. The highest BCUT2D eigenvalue weighted by Gasteiger charge is 2.27. The number of amides is 1. The van der Waals surface area contributed by atoms with E-state index in [1.54, 1.807) is 30.2 Å². The number of aryl methyl sites for hydroxylation is 1. The van der Waals surface area contributed by atoms with Crippen molar-refractivity contribution < 1.29 is 4.79 Å². The van der Waals surface area contributed by atoms with E-state index in [2.05, 4.69) is 27.2 Å². The summed E-state index contributed by atoms with van der Waals surface area (Å²) >= 11 is 0. The molecule has 1 fully saturated rings. The van der Waals surface area contributed by atoms with Crippen molar-refractivity contribution in [1.82, 2.24) is 24.6 Å². The zero-order valence-corrected chi connectivity index (χ0v) is 13.1. The number of hydrogen-bond donors (Lipinski definition) is 1. The van der Waals surface area contributed by atoms with E-state index in [4.69, 9.17) is 0 Å². The SMILES string of the molecule is Cn1nccc1C(=O)N1CCC[C@H](c2cc3cccnc3[nH]2)C1. The molecule has 4 heterocycles. The fraction of sp³-hybridized carbons (Fsp3) is 0.353. The van der Waals surface area contributed by atoms with Gasteiger partial charge in [-0.3, -0.25) is 9.48 Å². The minimum Gasteiger partial charge on any atom is -0.343 e. The molecule has 0 unspecified atom stereocenters. The Morgan fingerprint density at radius 2 is 2.26 bits per heavy atom. The highest BCUT2D eigenvalue weighted by Crippen LogP contribution is 2.29. The van der Waals surface area contributed by atoms with Crippen LogP contribution in [0.5, 0.6) is 0 Å². The standard InChI is InChI=1S/C17H19N5O/c1-21-15(6-8-19-21)17(23)22-9-3-5-13(11-22)14-10-12-4-2-7-18-16(12)20-14/h2,4,6-8,10,13H,3,5,9,11H2,1H3,(H,18,20)/t13-/m0/s1. The number of carbonyl (C=O) groups is 1. The highest BCUT2D eigenvalue weighted by atomic mass is 16.2.